The van der Waals surface area contributed by atoms with Gasteiger partial charge in [-0.15, -0.1) is 0 Å². The summed E-state index contributed by atoms with van der Waals surface area (Å²) in [5, 5.41) is 2.92. The third-order valence-electron chi connectivity index (χ3n) is 5.34. The van der Waals surface area contributed by atoms with Crippen LogP contribution in [0.25, 0.3) is 11.1 Å². The van der Waals surface area contributed by atoms with Gasteiger partial charge in [0, 0.05) is 40.2 Å². The first-order valence-corrected chi connectivity index (χ1v) is 11.0. The van der Waals surface area contributed by atoms with E-state index in [4.69, 9.17) is 39.5 Å². The lowest BCUT2D eigenvalue weighted by Crippen LogP contribution is -2.46. The number of hydrogen-bond acceptors (Lipinski definition) is 3. The Balaban J connectivity index is 1.74. The third-order valence-corrected chi connectivity index (χ3v) is 6.08. The fraction of sp³-hybridized carbons (Fsp3) is 0.217. The molecule has 0 aliphatic carbocycles. The lowest BCUT2D eigenvalue weighted by Gasteiger charge is -2.31. The number of benzene rings is 2. The summed E-state index contributed by atoms with van der Waals surface area (Å²) in [4.78, 5) is 15.8. The van der Waals surface area contributed by atoms with E-state index in [1.54, 1.807) is 25.1 Å². The molecule has 4 nitrogen and oxygen atoms in total. The van der Waals surface area contributed by atoms with Crippen LogP contribution in [0.2, 0.25) is 15.2 Å². The van der Waals surface area contributed by atoms with Crippen molar-refractivity contribution < 1.29 is 22.7 Å². The first kappa shape index (κ1) is 23.7. The minimum atomic E-state index is -4.74. The molecule has 1 amide bonds. The Hall–Kier alpha value is -2.48. The number of nitrogens with zero attached hydrogens (tertiary/aromatic N) is 1. The van der Waals surface area contributed by atoms with Gasteiger partial charge in [0.1, 0.15) is 5.75 Å². The molecule has 0 saturated carbocycles. The highest BCUT2D eigenvalue weighted by molar-refractivity contribution is 6.34. The molecule has 1 atom stereocenters. The number of anilines is 1. The lowest BCUT2D eigenvalue weighted by molar-refractivity contribution is -0.248. The van der Waals surface area contributed by atoms with Crippen LogP contribution in [-0.4, -0.2) is 17.1 Å². The maximum atomic E-state index is 14.3. The fourth-order valence-electron chi connectivity index (χ4n) is 3.69. The molecule has 1 aromatic heterocycles. The highest BCUT2D eigenvalue weighted by Gasteiger charge is 2.61. The van der Waals surface area contributed by atoms with Crippen LogP contribution >= 0.6 is 34.8 Å². The number of amides is 1. The number of alkyl halides is 3. The highest BCUT2D eigenvalue weighted by atomic mass is 35.5. The Kier molecular flexibility index (Phi) is 6.24. The number of carbonyl (C=O) groups is 1. The first-order valence-electron chi connectivity index (χ1n) is 9.83. The topological polar surface area (TPSA) is 51.2 Å². The Morgan fingerprint density at radius 2 is 1.79 bits per heavy atom. The summed E-state index contributed by atoms with van der Waals surface area (Å²) in [6.45, 7) is 1.70. The molecule has 2 aromatic carbocycles. The number of hydrogen-bond donors (Lipinski definition) is 1. The molecule has 2 heterocycles. The van der Waals surface area contributed by atoms with Crippen LogP contribution in [0.15, 0.2) is 48.7 Å². The van der Waals surface area contributed by atoms with Crippen molar-refractivity contribution in [3.05, 3.63) is 75.0 Å². The van der Waals surface area contributed by atoms with Crippen LogP contribution in [0.5, 0.6) is 5.75 Å². The van der Waals surface area contributed by atoms with E-state index < -0.39 is 18.2 Å². The van der Waals surface area contributed by atoms with Gasteiger partial charge in [0.2, 0.25) is 11.5 Å². The zero-order chi connectivity index (χ0) is 24.0. The van der Waals surface area contributed by atoms with Gasteiger partial charge in [0.05, 0.1) is 5.69 Å². The average Bonchev–Trinajstić information content (AvgIpc) is 3.15. The van der Waals surface area contributed by atoms with Crippen molar-refractivity contribution in [2.45, 2.75) is 31.5 Å². The molecule has 0 radical (unpaired) electrons. The summed E-state index contributed by atoms with van der Waals surface area (Å²) in [5.41, 5.74) is -0.963. The normalized spacial score (nSPS) is 17.4. The molecule has 1 aliphatic heterocycles. The third kappa shape index (κ3) is 4.50. The molecule has 4 rings (SSSR count). The summed E-state index contributed by atoms with van der Waals surface area (Å²) in [7, 11) is 0. The number of ether oxygens (including phenoxy) is 1. The van der Waals surface area contributed by atoms with Gasteiger partial charge in [-0.2, -0.15) is 13.2 Å². The first-order chi connectivity index (χ1) is 15.5. The number of nitrogens with one attached hydrogen (secondary N) is 1. The van der Waals surface area contributed by atoms with E-state index in [1.165, 1.54) is 30.5 Å². The van der Waals surface area contributed by atoms with Crippen molar-refractivity contribution in [1.29, 1.82) is 0 Å². The van der Waals surface area contributed by atoms with E-state index in [2.05, 4.69) is 10.3 Å². The van der Waals surface area contributed by atoms with Crippen LogP contribution in [0, 0.1) is 0 Å². The molecule has 1 unspecified atom stereocenters. The van der Waals surface area contributed by atoms with Crippen LogP contribution < -0.4 is 10.1 Å². The molecule has 0 fully saturated rings. The van der Waals surface area contributed by atoms with E-state index in [9.17, 15) is 18.0 Å². The highest BCUT2D eigenvalue weighted by Crippen LogP contribution is 2.52. The van der Waals surface area contributed by atoms with Gasteiger partial charge < -0.3 is 10.1 Å². The number of fused-ring (bicyclic) bond motifs is 1. The smallest absolute Gasteiger partial charge is 0.432 e. The number of aromatic nitrogens is 1. The molecular weight excluding hydrogens is 500 g/mol. The average molecular weight is 516 g/mol. The molecule has 33 heavy (non-hydrogen) atoms. The molecule has 1 aliphatic rings. The van der Waals surface area contributed by atoms with Gasteiger partial charge >= 0.3 is 6.18 Å². The van der Waals surface area contributed by atoms with Gasteiger partial charge in [-0.3, -0.25) is 4.79 Å². The van der Waals surface area contributed by atoms with Crippen molar-refractivity contribution in [2.24, 2.45) is 0 Å². The SMILES string of the molecule is CCC(=O)Nc1cc(-c2ccc3c(c2)CC(c2cc(Cl)cc(Cl)c2)(C(F)(F)F)O3)cnc1Cl. The Bertz CT molecular complexity index is 1230. The van der Waals surface area contributed by atoms with Crippen LogP contribution in [-0.2, 0) is 16.8 Å². The molecule has 0 spiro atoms. The van der Waals surface area contributed by atoms with Crippen molar-refractivity contribution in [2.75, 3.05) is 5.32 Å². The number of rotatable bonds is 4. The summed E-state index contributed by atoms with van der Waals surface area (Å²) in [6.07, 6.45) is -3.46. The van der Waals surface area contributed by atoms with E-state index in [1.807, 2.05) is 0 Å². The summed E-state index contributed by atoms with van der Waals surface area (Å²) < 4.78 is 48.5. The van der Waals surface area contributed by atoms with Crippen LogP contribution in [0.4, 0.5) is 18.9 Å². The Labute approximate surface area is 202 Å². The van der Waals surface area contributed by atoms with Crippen LogP contribution in [0.3, 0.4) is 0 Å². The molecule has 0 bridgehead atoms. The molecule has 10 heteroatoms. The fourth-order valence-corrected chi connectivity index (χ4v) is 4.37. The molecule has 1 N–H and O–H groups in total. The number of pyridine rings is 1. The van der Waals surface area contributed by atoms with Gasteiger partial charge in [-0.25, -0.2) is 4.98 Å². The monoisotopic (exact) mass is 514 g/mol. The number of halogens is 6. The van der Waals surface area contributed by atoms with E-state index in [-0.39, 0.29) is 38.8 Å². The largest absolute Gasteiger partial charge is 0.472 e. The maximum absolute atomic E-state index is 14.3. The number of carbonyl (C=O) groups excluding carboxylic acids is 1. The van der Waals surface area contributed by atoms with Gasteiger partial charge in [0.25, 0.3) is 0 Å². The zero-order valence-corrected chi connectivity index (χ0v) is 19.3. The van der Waals surface area contributed by atoms with E-state index in [0.717, 1.165) is 0 Å². The Morgan fingerprint density at radius 3 is 2.42 bits per heavy atom. The zero-order valence-electron chi connectivity index (χ0n) is 17.1. The van der Waals surface area contributed by atoms with Gasteiger partial charge in [0.15, 0.2) is 5.15 Å². The second-order valence-electron chi connectivity index (χ2n) is 7.55. The Morgan fingerprint density at radius 1 is 1.09 bits per heavy atom. The summed E-state index contributed by atoms with van der Waals surface area (Å²) >= 11 is 18.0. The second-order valence-corrected chi connectivity index (χ2v) is 8.78. The summed E-state index contributed by atoms with van der Waals surface area (Å²) in [6, 6.07) is 10.1. The quantitative estimate of drug-likeness (QED) is 0.367. The molecule has 0 saturated heterocycles. The van der Waals surface area contributed by atoms with Crippen LogP contribution in [0.1, 0.15) is 24.5 Å². The van der Waals surface area contributed by atoms with Gasteiger partial charge in [-0.1, -0.05) is 47.8 Å². The molecular formula is C23H16Cl3F3N2O2. The minimum absolute atomic E-state index is 0.0789. The van der Waals surface area contributed by atoms with Crippen molar-refractivity contribution >= 4 is 46.4 Å². The minimum Gasteiger partial charge on any atom is -0.472 e. The van der Waals surface area contributed by atoms with Crippen molar-refractivity contribution in [3.8, 4) is 16.9 Å². The lowest BCUT2D eigenvalue weighted by atomic mass is 9.88. The van der Waals surface area contributed by atoms with Crippen molar-refractivity contribution in [3.63, 3.8) is 0 Å². The predicted molar refractivity (Wildman–Crippen MR) is 122 cm³/mol. The molecule has 172 valence electrons. The van der Waals surface area contributed by atoms with Gasteiger partial charge in [-0.05, 0) is 47.5 Å². The summed E-state index contributed by atoms with van der Waals surface area (Å²) in [5.74, 6) is -0.137. The second kappa shape index (κ2) is 8.70. The maximum Gasteiger partial charge on any atom is 0.432 e. The molecule has 3 aromatic rings. The van der Waals surface area contributed by atoms with Crippen molar-refractivity contribution in [1.82, 2.24) is 4.98 Å². The van der Waals surface area contributed by atoms with E-state index in [0.29, 0.717) is 22.4 Å². The van der Waals surface area contributed by atoms with E-state index >= 15 is 0 Å². The standard InChI is InChI=1S/C23H16Cl3F3N2O2/c1-2-20(32)31-18-6-14(11-30-21(18)26)12-3-4-19-13(5-12)10-22(33-19,23(27,28)29)15-7-16(24)9-17(25)8-15/h3-9,11H,2,10H2,1H3,(H,31,32). The predicted octanol–water partition coefficient (Wildman–Crippen LogP) is 7.45.